The summed E-state index contributed by atoms with van der Waals surface area (Å²) in [6.07, 6.45) is 3.87. The van der Waals surface area contributed by atoms with Gasteiger partial charge in [-0.2, -0.15) is 5.10 Å². The molecule has 0 saturated carbocycles. The second kappa shape index (κ2) is 12.9. The molecule has 1 aliphatic carbocycles. The van der Waals surface area contributed by atoms with Crippen LogP contribution in [0, 0.1) is 11.7 Å². The average Bonchev–Trinajstić information content (AvgIpc) is 3.34. The lowest BCUT2D eigenvalue weighted by Crippen LogP contribution is -2.32. The first-order valence-corrected chi connectivity index (χ1v) is 14.5. The number of esters is 1. The van der Waals surface area contributed by atoms with Crippen LogP contribution in [0.5, 0.6) is 5.75 Å². The maximum Gasteiger partial charge on any atom is 0.341 e. The van der Waals surface area contributed by atoms with Gasteiger partial charge in [-0.3, -0.25) is 9.59 Å². The molecular formula is C32H30FN3O5S. The van der Waals surface area contributed by atoms with Crippen LogP contribution in [0.1, 0.15) is 52.2 Å². The van der Waals surface area contributed by atoms with Gasteiger partial charge in [-0.1, -0.05) is 49.4 Å². The number of hydrazone groups is 1. The van der Waals surface area contributed by atoms with E-state index < -0.39 is 17.8 Å². The number of carbonyl (C=O) groups is 3. The van der Waals surface area contributed by atoms with Gasteiger partial charge in [0.1, 0.15) is 23.2 Å². The number of anilines is 1. The van der Waals surface area contributed by atoms with Crippen molar-refractivity contribution >= 4 is 51.1 Å². The summed E-state index contributed by atoms with van der Waals surface area (Å²) in [5.41, 5.74) is 4.86. The van der Waals surface area contributed by atoms with Gasteiger partial charge in [0.25, 0.3) is 0 Å². The second-order valence-corrected chi connectivity index (χ2v) is 11.1. The fourth-order valence-electron chi connectivity index (χ4n) is 4.90. The molecule has 8 nitrogen and oxygen atoms in total. The van der Waals surface area contributed by atoms with Gasteiger partial charge in [0.15, 0.2) is 0 Å². The summed E-state index contributed by atoms with van der Waals surface area (Å²) in [5.74, 6) is -1.82. The molecule has 10 heteroatoms. The number of nitrogens with one attached hydrogen (secondary N) is 2. The van der Waals surface area contributed by atoms with Crippen molar-refractivity contribution < 1.29 is 28.2 Å². The van der Waals surface area contributed by atoms with E-state index >= 15 is 0 Å². The van der Waals surface area contributed by atoms with Gasteiger partial charge >= 0.3 is 17.8 Å². The number of hydrogen-bond donors (Lipinski definition) is 2. The summed E-state index contributed by atoms with van der Waals surface area (Å²) in [7, 11) is 0. The Balaban J connectivity index is 1.32. The van der Waals surface area contributed by atoms with Crippen molar-refractivity contribution in [3.63, 3.8) is 0 Å². The normalized spacial score (nSPS) is 14.4. The van der Waals surface area contributed by atoms with Crippen LogP contribution in [0.25, 0.3) is 10.8 Å². The third-order valence-corrected chi connectivity index (χ3v) is 8.19. The largest absolute Gasteiger partial charge is 0.488 e. The van der Waals surface area contributed by atoms with E-state index in [-0.39, 0.29) is 19.0 Å². The summed E-state index contributed by atoms with van der Waals surface area (Å²) in [5, 5.41) is 8.70. The van der Waals surface area contributed by atoms with E-state index in [9.17, 15) is 18.8 Å². The van der Waals surface area contributed by atoms with Crippen molar-refractivity contribution in [2.45, 2.75) is 39.7 Å². The lowest BCUT2D eigenvalue weighted by atomic mass is 9.88. The summed E-state index contributed by atoms with van der Waals surface area (Å²) >= 11 is 1.31. The highest BCUT2D eigenvalue weighted by atomic mass is 32.1. The standard InChI is InChI=1S/C32H30FN3O5S/c1-3-40-32(39)28-24-14-8-19(2)16-27(24)42-31(28)35-29(37)30(38)36-34-17-25-23-7-5-4-6-21(23)11-15-26(25)41-18-20-9-12-22(33)13-10-20/h4-7,9-13,15,17,19H,3,8,14,16,18H2,1-2H3,(H,35,37)(H,36,38). The third-order valence-electron chi connectivity index (χ3n) is 7.02. The number of fused-ring (bicyclic) bond motifs is 2. The van der Waals surface area contributed by atoms with Crippen molar-refractivity contribution in [3.8, 4) is 5.75 Å². The zero-order chi connectivity index (χ0) is 29.6. The molecule has 42 heavy (non-hydrogen) atoms. The van der Waals surface area contributed by atoms with E-state index in [0.717, 1.165) is 39.6 Å². The van der Waals surface area contributed by atoms with Crippen LogP contribution < -0.4 is 15.5 Å². The average molecular weight is 588 g/mol. The number of benzene rings is 3. The van der Waals surface area contributed by atoms with E-state index in [1.807, 2.05) is 30.3 Å². The smallest absolute Gasteiger partial charge is 0.341 e. The molecule has 0 saturated heterocycles. The number of halogens is 1. The van der Waals surface area contributed by atoms with E-state index in [1.54, 1.807) is 25.1 Å². The van der Waals surface area contributed by atoms with Crippen LogP contribution in [-0.4, -0.2) is 30.6 Å². The van der Waals surface area contributed by atoms with Crippen molar-refractivity contribution in [2.75, 3.05) is 11.9 Å². The first-order chi connectivity index (χ1) is 20.3. The monoisotopic (exact) mass is 587 g/mol. The number of nitrogens with zero attached hydrogens (tertiary/aromatic N) is 1. The van der Waals surface area contributed by atoms with E-state index in [1.165, 1.54) is 29.7 Å². The Bertz CT molecular complexity index is 1660. The molecule has 2 amide bonds. The van der Waals surface area contributed by atoms with Gasteiger partial charge in [0.05, 0.1) is 18.4 Å². The van der Waals surface area contributed by atoms with Crippen molar-refractivity contribution in [1.82, 2.24) is 5.43 Å². The molecule has 0 bridgehead atoms. The van der Waals surface area contributed by atoms with Gasteiger partial charge < -0.3 is 14.8 Å². The van der Waals surface area contributed by atoms with Crippen molar-refractivity contribution in [3.05, 3.63) is 93.6 Å². The number of ether oxygens (including phenoxy) is 2. The predicted molar refractivity (Wildman–Crippen MR) is 161 cm³/mol. The second-order valence-electron chi connectivity index (χ2n) is 10.0. The van der Waals surface area contributed by atoms with Gasteiger partial charge in [0.2, 0.25) is 0 Å². The molecule has 0 spiro atoms. The molecule has 0 fully saturated rings. The molecule has 0 radical (unpaired) electrons. The van der Waals surface area contributed by atoms with Crippen LogP contribution in [0.2, 0.25) is 0 Å². The number of hydrogen-bond acceptors (Lipinski definition) is 7. The zero-order valence-corrected chi connectivity index (χ0v) is 24.1. The molecule has 5 rings (SSSR count). The molecule has 0 aliphatic heterocycles. The minimum absolute atomic E-state index is 0.195. The van der Waals surface area contributed by atoms with Crippen LogP contribution in [0.3, 0.4) is 0 Å². The maximum atomic E-state index is 13.3. The SMILES string of the molecule is CCOC(=O)c1c(NC(=O)C(=O)NN=Cc2c(OCc3ccc(F)cc3)ccc3ccccc23)sc2c1CCC(C)C2. The third kappa shape index (κ3) is 6.49. The molecule has 216 valence electrons. The molecule has 1 atom stereocenters. The number of amides is 2. The molecule has 3 aromatic carbocycles. The maximum absolute atomic E-state index is 13.3. The Morgan fingerprint density at radius 3 is 2.64 bits per heavy atom. The summed E-state index contributed by atoms with van der Waals surface area (Å²) in [4.78, 5) is 39.3. The van der Waals surface area contributed by atoms with Gasteiger partial charge in [0, 0.05) is 10.4 Å². The number of carbonyl (C=O) groups excluding carboxylic acids is 3. The van der Waals surface area contributed by atoms with E-state index in [2.05, 4.69) is 22.8 Å². The number of thiophene rings is 1. The molecule has 4 aromatic rings. The Labute approximate surface area is 246 Å². The first kappa shape index (κ1) is 28.9. The minimum atomic E-state index is -0.991. The van der Waals surface area contributed by atoms with Crippen LogP contribution in [-0.2, 0) is 33.8 Å². The lowest BCUT2D eigenvalue weighted by Gasteiger charge is -2.18. The van der Waals surface area contributed by atoms with Crippen LogP contribution in [0.15, 0.2) is 65.8 Å². The number of rotatable bonds is 8. The van der Waals surface area contributed by atoms with Gasteiger partial charge in [-0.25, -0.2) is 14.6 Å². The fourth-order valence-corrected chi connectivity index (χ4v) is 6.29. The van der Waals surface area contributed by atoms with Crippen molar-refractivity contribution in [2.24, 2.45) is 11.0 Å². The molecule has 1 aromatic heterocycles. The quantitative estimate of drug-likeness (QED) is 0.114. The van der Waals surface area contributed by atoms with Crippen LogP contribution in [0.4, 0.5) is 9.39 Å². The highest BCUT2D eigenvalue weighted by Crippen LogP contribution is 2.40. The molecular weight excluding hydrogens is 557 g/mol. The Kier molecular flexibility index (Phi) is 8.92. The molecule has 2 N–H and O–H groups in total. The summed E-state index contributed by atoms with van der Waals surface area (Å²) < 4.78 is 24.5. The minimum Gasteiger partial charge on any atom is -0.488 e. The highest BCUT2D eigenvalue weighted by Gasteiger charge is 2.30. The van der Waals surface area contributed by atoms with Crippen LogP contribution >= 0.6 is 11.3 Å². The predicted octanol–water partition coefficient (Wildman–Crippen LogP) is 6.01. The first-order valence-electron chi connectivity index (χ1n) is 13.7. The van der Waals surface area contributed by atoms with Gasteiger partial charge in [-0.15, -0.1) is 11.3 Å². The Morgan fingerprint density at radius 1 is 1.07 bits per heavy atom. The highest BCUT2D eigenvalue weighted by molar-refractivity contribution is 7.17. The Hall–Kier alpha value is -4.57. The topological polar surface area (TPSA) is 106 Å². The zero-order valence-electron chi connectivity index (χ0n) is 23.2. The molecule has 1 aliphatic rings. The summed E-state index contributed by atoms with van der Waals surface area (Å²) in [6.45, 7) is 4.26. The Morgan fingerprint density at radius 2 is 1.86 bits per heavy atom. The van der Waals surface area contributed by atoms with Gasteiger partial charge in [-0.05, 0) is 72.2 Å². The molecule has 1 heterocycles. The molecule has 1 unspecified atom stereocenters. The fraction of sp³-hybridized carbons (Fsp3) is 0.250. The van der Waals surface area contributed by atoms with Crippen molar-refractivity contribution in [1.29, 1.82) is 0 Å². The van der Waals surface area contributed by atoms with E-state index in [0.29, 0.717) is 34.2 Å². The lowest BCUT2D eigenvalue weighted by molar-refractivity contribution is -0.136. The summed E-state index contributed by atoms with van der Waals surface area (Å²) in [6, 6.07) is 17.3. The van der Waals surface area contributed by atoms with E-state index in [4.69, 9.17) is 9.47 Å².